The van der Waals surface area contributed by atoms with E-state index in [1.807, 2.05) is 0 Å². The second-order valence-corrected chi connectivity index (χ2v) is 6.84. The van der Waals surface area contributed by atoms with Gasteiger partial charge in [-0.05, 0) is 36.6 Å². The van der Waals surface area contributed by atoms with Crippen LogP contribution in [0.3, 0.4) is 0 Å². The molecule has 0 bridgehead atoms. The van der Waals surface area contributed by atoms with E-state index in [9.17, 15) is 9.59 Å². The molecule has 2 amide bonds. The van der Waals surface area contributed by atoms with Crippen LogP contribution in [-0.4, -0.2) is 62.9 Å². The van der Waals surface area contributed by atoms with Gasteiger partial charge in [0.2, 0.25) is 0 Å². The van der Waals surface area contributed by atoms with Gasteiger partial charge in [-0.2, -0.15) is 0 Å². The highest BCUT2D eigenvalue weighted by Gasteiger charge is 2.22. The van der Waals surface area contributed by atoms with Crippen LogP contribution in [0.25, 0.3) is 0 Å². The van der Waals surface area contributed by atoms with E-state index in [0.717, 1.165) is 32.7 Å². The van der Waals surface area contributed by atoms with E-state index in [2.05, 4.69) is 34.1 Å². The molecule has 1 aromatic carbocycles. The van der Waals surface area contributed by atoms with E-state index in [1.54, 1.807) is 24.3 Å². The van der Waals surface area contributed by atoms with Gasteiger partial charge in [-0.3, -0.25) is 4.90 Å². The molecule has 1 saturated heterocycles. The van der Waals surface area contributed by atoms with Crippen molar-refractivity contribution >= 4 is 17.7 Å². The van der Waals surface area contributed by atoms with Gasteiger partial charge in [-0.1, -0.05) is 13.8 Å². The van der Waals surface area contributed by atoms with Gasteiger partial charge in [-0.25, -0.2) is 9.59 Å². The zero-order chi connectivity index (χ0) is 18.9. The number of esters is 1. The highest BCUT2D eigenvalue weighted by Crippen LogP contribution is 2.14. The molecule has 26 heavy (non-hydrogen) atoms. The minimum absolute atomic E-state index is 0.252. The van der Waals surface area contributed by atoms with E-state index in [4.69, 9.17) is 4.74 Å². The molecule has 0 saturated carbocycles. The fourth-order valence-corrected chi connectivity index (χ4v) is 3.04. The predicted molar refractivity (Wildman–Crippen MR) is 100 cm³/mol. The SMILES string of the molecule is COC(=O)c1ccc(NC(=O)NCC(CC(C)C)N2CCOCC2)cc1. The summed E-state index contributed by atoms with van der Waals surface area (Å²) in [7, 11) is 1.34. The first-order valence-corrected chi connectivity index (χ1v) is 9.04. The summed E-state index contributed by atoms with van der Waals surface area (Å²) in [5.74, 6) is 0.154. The highest BCUT2D eigenvalue weighted by atomic mass is 16.5. The van der Waals surface area contributed by atoms with Crippen molar-refractivity contribution < 1.29 is 19.1 Å². The van der Waals surface area contributed by atoms with Gasteiger partial charge in [0.05, 0.1) is 25.9 Å². The normalized spacial score (nSPS) is 16.2. The number of nitrogens with one attached hydrogen (secondary N) is 2. The van der Waals surface area contributed by atoms with Crippen LogP contribution in [0.2, 0.25) is 0 Å². The monoisotopic (exact) mass is 363 g/mol. The topological polar surface area (TPSA) is 79.9 Å². The number of hydrogen-bond acceptors (Lipinski definition) is 5. The van der Waals surface area contributed by atoms with Gasteiger partial charge in [-0.15, -0.1) is 0 Å². The standard InChI is InChI=1S/C19H29N3O4/c1-14(2)12-17(22-8-10-26-11-9-22)13-20-19(24)21-16-6-4-15(5-7-16)18(23)25-3/h4-7,14,17H,8-13H2,1-3H3,(H2,20,21,24). The molecule has 2 N–H and O–H groups in total. The maximum Gasteiger partial charge on any atom is 0.337 e. The van der Waals surface area contributed by atoms with Crippen LogP contribution in [0.1, 0.15) is 30.6 Å². The molecule has 0 spiro atoms. The number of morpholine rings is 1. The van der Waals surface area contributed by atoms with Crippen molar-refractivity contribution in [1.29, 1.82) is 0 Å². The number of ether oxygens (including phenoxy) is 2. The third-order valence-electron chi connectivity index (χ3n) is 4.37. The molecule has 2 rings (SSSR count). The Labute approximate surface area is 155 Å². The van der Waals surface area contributed by atoms with Crippen molar-refractivity contribution in [2.45, 2.75) is 26.3 Å². The van der Waals surface area contributed by atoms with E-state index in [-0.39, 0.29) is 6.03 Å². The first-order chi connectivity index (χ1) is 12.5. The van der Waals surface area contributed by atoms with Crippen LogP contribution in [0.15, 0.2) is 24.3 Å². The molecular formula is C19H29N3O4. The number of urea groups is 1. The summed E-state index contributed by atoms with van der Waals surface area (Å²) in [6.45, 7) is 8.25. The smallest absolute Gasteiger partial charge is 0.337 e. The van der Waals surface area contributed by atoms with Gasteiger partial charge in [0.25, 0.3) is 0 Å². The zero-order valence-corrected chi connectivity index (χ0v) is 15.8. The molecule has 7 heteroatoms. The quantitative estimate of drug-likeness (QED) is 0.727. The Morgan fingerprint density at radius 3 is 2.42 bits per heavy atom. The molecule has 1 unspecified atom stereocenters. The molecule has 0 radical (unpaired) electrons. The molecule has 7 nitrogen and oxygen atoms in total. The van der Waals surface area contributed by atoms with Crippen molar-refractivity contribution in [1.82, 2.24) is 10.2 Å². The second-order valence-electron chi connectivity index (χ2n) is 6.84. The third-order valence-corrected chi connectivity index (χ3v) is 4.37. The van der Waals surface area contributed by atoms with E-state index < -0.39 is 5.97 Å². The van der Waals surface area contributed by atoms with Crippen molar-refractivity contribution in [2.75, 3.05) is 45.3 Å². The molecule has 1 fully saturated rings. The molecule has 1 aromatic rings. The molecule has 1 aliphatic rings. The summed E-state index contributed by atoms with van der Waals surface area (Å²) in [5.41, 5.74) is 1.07. The molecule has 1 heterocycles. The molecular weight excluding hydrogens is 334 g/mol. The number of carbonyl (C=O) groups excluding carboxylic acids is 2. The second kappa shape index (κ2) is 10.1. The van der Waals surface area contributed by atoms with Crippen molar-refractivity contribution in [3.63, 3.8) is 0 Å². The highest BCUT2D eigenvalue weighted by molar-refractivity contribution is 5.92. The van der Waals surface area contributed by atoms with Gasteiger partial charge in [0.15, 0.2) is 0 Å². The van der Waals surface area contributed by atoms with Gasteiger partial charge in [0, 0.05) is 31.4 Å². The summed E-state index contributed by atoms with van der Waals surface area (Å²) in [5, 5.41) is 5.75. The molecule has 144 valence electrons. The fraction of sp³-hybridized carbons (Fsp3) is 0.579. The minimum Gasteiger partial charge on any atom is -0.465 e. The average Bonchev–Trinajstić information content (AvgIpc) is 2.65. The maximum atomic E-state index is 12.2. The predicted octanol–water partition coefficient (Wildman–Crippen LogP) is 2.34. The van der Waals surface area contributed by atoms with Gasteiger partial charge in [0.1, 0.15) is 0 Å². The Morgan fingerprint density at radius 2 is 1.85 bits per heavy atom. The fourth-order valence-electron chi connectivity index (χ4n) is 3.04. The Balaban J connectivity index is 1.85. The summed E-state index contributed by atoms with van der Waals surface area (Å²) in [6, 6.07) is 6.65. The number of methoxy groups -OCH3 is 1. The lowest BCUT2D eigenvalue weighted by atomic mass is 10.0. The lowest BCUT2D eigenvalue weighted by Gasteiger charge is -2.35. The average molecular weight is 363 g/mol. The third kappa shape index (κ3) is 6.31. The van der Waals surface area contributed by atoms with Crippen LogP contribution < -0.4 is 10.6 Å². The zero-order valence-electron chi connectivity index (χ0n) is 15.8. The number of amides is 2. The molecule has 0 aromatic heterocycles. The Kier molecular flexibility index (Phi) is 7.87. The van der Waals surface area contributed by atoms with E-state index in [1.165, 1.54) is 7.11 Å². The number of anilines is 1. The number of benzene rings is 1. The Bertz CT molecular complexity index is 583. The lowest BCUT2D eigenvalue weighted by Crippen LogP contribution is -2.49. The summed E-state index contributed by atoms with van der Waals surface area (Å²) in [4.78, 5) is 26.0. The Morgan fingerprint density at radius 1 is 1.19 bits per heavy atom. The largest absolute Gasteiger partial charge is 0.465 e. The molecule has 1 atom stereocenters. The summed E-state index contributed by atoms with van der Waals surface area (Å²) in [6.07, 6.45) is 1.02. The summed E-state index contributed by atoms with van der Waals surface area (Å²) >= 11 is 0. The van der Waals surface area contributed by atoms with Gasteiger partial charge < -0.3 is 20.1 Å². The first kappa shape index (κ1) is 20.2. The number of carbonyl (C=O) groups is 2. The lowest BCUT2D eigenvalue weighted by molar-refractivity contribution is 0.0130. The van der Waals surface area contributed by atoms with Crippen molar-refractivity contribution in [3.05, 3.63) is 29.8 Å². The Hall–Kier alpha value is -2.12. The minimum atomic E-state index is -0.400. The van der Waals surface area contributed by atoms with Crippen LogP contribution in [0, 0.1) is 5.92 Å². The first-order valence-electron chi connectivity index (χ1n) is 9.04. The number of nitrogens with zero attached hydrogens (tertiary/aromatic N) is 1. The van der Waals surface area contributed by atoms with E-state index >= 15 is 0 Å². The maximum absolute atomic E-state index is 12.2. The van der Waals surface area contributed by atoms with Gasteiger partial charge >= 0.3 is 12.0 Å². The van der Waals surface area contributed by atoms with Crippen molar-refractivity contribution in [2.24, 2.45) is 5.92 Å². The number of rotatable bonds is 7. The summed E-state index contributed by atoms with van der Waals surface area (Å²) < 4.78 is 10.1. The molecule has 0 aliphatic carbocycles. The number of hydrogen-bond donors (Lipinski definition) is 2. The van der Waals surface area contributed by atoms with Crippen LogP contribution >= 0.6 is 0 Å². The van der Waals surface area contributed by atoms with Crippen LogP contribution in [0.5, 0.6) is 0 Å². The van der Waals surface area contributed by atoms with E-state index in [0.29, 0.717) is 29.8 Å². The molecule has 1 aliphatic heterocycles. The van der Waals surface area contributed by atoms with Crippen molar-refractivity contribution in [3.8, 4) is 0 Å². The van der Waals surface area contributed by atoms with Crippen LogP contribution in [-0.2, 0) is 9.47 Å². The van der Waals surface area contributed by atoms with Crippen LogP contribution in [0.4, 0.5) is 10.5 Å².